The molecule has 0 radical (unpaired) electrons. The third-order valence-corrected chi connectivity index (χ3v) is 3.44. The van der Waals surface area contributed by atoms with Crippen molar-refractivity contribution in [2.75, 3.05) is 0 Å². The fourth-order valence-corrected chi connectivity index (χ4v) is 2.19. The van der Waals surface area contributed by atoms with Crippen LogP contribution in [0.15, 0.2) is 53.7 Å². The van der Waals surface area contributed by atoms with Crippen molar-refractivity contribution in [3.05, 3.63) is 76.0 Å². The van der Waals surface area contributed by atoms with E-state index >= 15 is 0 Å². The van der Waals surface area contributed by atoms with E-state index in [4.69, 9.17) is 0 Å². The van der Waals surface area contributed by atoms with E-state index in [2.05, 4.69) is 15.1 Å². The number of hydrogen-bond acceptors (Lipinski definition) is 4. The van der Waals surface area contributed by atoms with Crippen LogP contribution in [0, 0.1) is 0 Å². The Morgan fingerprint density at radius 3 is 2.68 bits per heavy atom. The van der Waals surface area contributed by atoms with Gasteiger partial charge in [-0.2, -0.15) is 18.3 Å². The second-order valence-corrected chi connectivity index (χ2v) is 5.19. The molecule has 0 bridgehead atoms. The molecule has 128 valence electrons. The molecule has 6 nitrogen and oxygen atoms in total. The minimum Gasteiger partial charge on any atom is -0.294 e. The average molecular weight is 348 g/mol. The van der Waals surface area contributed by atoms with Crippen molar-refractivity contribution in [1.29, 1.82) is 0 Å². The Morgan fingerprint density at radius 2 is 2.04 bits per heavy atom. The molecule has 0 spiro atoms. The maximum Gasteiger partial charge on any atom is 0.416 e. The van der Waals surface area contributed by atoms with Crippen LogP contribution < -0.4 is 5.56 Å². The van der Waals surface area contributed by atoms with Crippen LogP contribution >= 0.6 is 0 Å². The molecular weight excluding hydrogens is 337 g/mol. The molecule has 1 N–H and O–H groups in total. The Kier molecular flexibility index (Phi) is 4.22. The molecule has 25 heavy (non-hydrogen) atoms. The highest BCUT2D eigenvalue weighted by molar-refractivity contribution is 5.97. The highest BCUT2D eigenvalue weighted by Crippen LogP contribution is 2.29. The number of hydrogen-bond donors (Lipinski definition) is 1. The van der Waals surface area contributed by atoms with Gasteiger partial charge in [0.25, 0.3) is 5.56 Å². The molecule has 3 rings (SSSR count). The molecule has 0 amide bonds. The second-order valence-electron chi connectivity index (χ2n) is 5.19. The molecule has 0 atom stereocenters. The number of benzene rings is 1. The number of carbonyl (C=O) groups excluding carboxylic acids is 1. The summed E-state index contributed by atoms with van der Waals surface area (Å²) in [5.41, 5.74) is -1.54. The van der Waals surface area contributed by atoms with Crippen molar-refractivity contribution in [3.63, 3.8) is 0 Å². The van der Waals surface area contributed by atoms with Crippen molar-refractivity contribution < 1.29 is 18.0 Å². The first kappa shape index (κ1) is 16.6. The van der Waals surface area contributed by atoms with Gasteiger partial charge in [0.15, 0.2) is 5.78 Å². The highest BCUT2D eigenvalue weighted by atomic mass is 19.4. The van der Waals surface area contributed by atoms with Gasteiger partial charge in [0.1, 0.15) is 0 Å². The van der Waals surface area contributed by atoms with E-state index < -0.39 is 23.1 Å². The zero-order valence-electron chi connectivity index (χ0n) is 12.6. The van der Waals surface area contributed by atoms with Crippen LogP contribution in [0.1, 0.15) is 21.5 Å². The summed E-state index contributed by atoms with van der Waals surface area (Å²) >= 11 is 0. The van der Waals surface area contributed by atoms with E-state index in [1.165, 1.54) is 23.1 Å². The Bertz CT molecular complexity index is 962. The Morgan fingerprint density at radius 1 is 1.24 bits per heavy atom. The molecule has 0 aliphatic carbocycles. The number of rotatable bonds is 4. The van der Waals surface area contributed by atoms with E-state index in [-0.39, 0.29) is 23.5 Å². The fraction of sp³-hybridized carbons (Fsp3) is 0.125. The number of aromatic amines is 1. The number of ketones is 1. The van der Waals surface area contributed by atoms with Gasteiger partial charge in [-0.25, -0.2) is 9.67 Å². The molecule has 1 aromatic carbocycles. The summed E-state index contributed by atoms with van der Waals surface area (Å²) in [7, 11) is 0. The average Bonchev–Trinajstić information content (AvgIpc) is 3.10. The summed E-state index contributed by atoms with van der Waals surface area (Å²) in [6.07, 6.45) is -0.609. The number of alkyl halides is 3. The predicted octanol–water partition coefficient (Wildman–Crippen LogP) is 2.40. The van der Waals surface area contributed by atoms with Crippen molar-refractivity contribution in [2.45, 2.75) is 12.6 Å². The Balaban J connectivity index is 1.83. The lowest BCUT2D eigenvalue weighted by Gasteiger charge is -2.08. The van der Waals surface area contributed by atoms with Crippen molar-refractivity contribution >= 4 is 5.78 Å². The quantitative estimate of drug-likeness (QED) is 0.734. The van der Waals surface area contributed by atoms with Crippen LogP contribution in [0.5, 0.6) is 0 Å². The van der Waals surface area contributed by atoms with E-state index in [0.717, 1.165) is 18.2 Å². The summed E-state index contributed by atoms with van der Waals surface area (Å²) in [6.45, 7) is 0. The van der Waals surface area contributed by atoms with E-state index in [1.54, 1.807) is 12.3 Å². The molecule has 0 saturated heterocycles. The molecule has 2 aromatic heterocycles. The summed E-state index contributed by atoms with van der Waals surface area (Å²) in [5, 5.41) is 3.91. The SMILES string of the molecule is O=C(Cc1cnc(-n2cccn2)[nH]c1=O)c1cccc(C(F)(F)F)c1. The molecule has 0 fully saturated rings. The van der Waals surface area contributed by atoms with Gasteiger partial charge in [-0.3, -0.25) is 14.6 Å². The molecule has 3 aromatic rings. The van der Waals surface area contributed by atoms with E-state index in [9.17, 15) is 22.8 Å². The maximum absolute atomic E-state index is 12.7. The number of halogens is 3. The zero-order chi connectivity index (χ0) is 18.0. The molecule has 2 heterocycles. The third-order valence-electron chi connectivity index (χ3n) is 3.44. The molecule has 9 heteroatoms. The monoisotopic (exact) mass is 348 g/mol. The molecule has 0 aliphatic heterocycles. The van der Waals surface area contributed by atoms with Crippen molar-refractivity contribution in [3.8, 4) is 5.95 Å². The lowest BCUT2D eigenvalue weighted by atomic mass is 10.0. The van der Waals surface area contributed by atoms with Crippen LogP contribution in [0.4, 0.5) is 13.2 Å². The number of H-pyrrole nitrogens is 1. The van der Waals surface area contributed by atoms with Gasteiger partial charge in [0, 0.05) is 36.1 Å². The minimum atomic E-state index is -4.54. The number of carbonyl (C=O) groups is 1. The van der Waals surface area contributed by atoms with Crippen LogP contribution in [-0.4, -0.2) is 25.5 Å². The van der Waals surface area contributed by atoms with Crippen molar-refractivity contribution in [1.82, 2.24) is 19.7 Å². The maximum atomic E-state index is 12.7. The van der Waals surface area contributed by atoms with Gasteiger partial charge >= 0.3 is 6.18 Å². The molecule has 0 aliphatic rings. The predicted molar refractivity (Wildman–Crippen MR) is 81.5 cm³/mol. The van der Waals surface area contributed by atoms with Crippen molar-refractivity contribution in [2.24, 2.45) is 0 Å². The first-order chi connectivity index (χ1) is 11.8. The summed E-state index contributed by atoms with van der Waals surface area (Å²) in [4.78, 5) is 30.7. The van der Waals surface area contributed by atoms with Gasteiger partial charge in [-0.15, -0.1) is 0 Å². The van der Waals surface area contributed by atoms with Gasteiger partial charge in [-0.1, -0.05) is 12.1 Å². The lowest BCUT2D eigenvalue weighted by molar-refractivity contribution is -0.137. The second kappa shape index (κ2) is 6.34. The smallest absolute Gasteiger partial charge is 0.294 e. The highest BCUT2D eigenvalue weighted by Gasteiger charge is 2.30. The van der Waals surface area contributed by atoms with Gasteiger partial charge in [0.2, 0.25) is 5.95 Å². The van der Waals surface area contributed by atoms with E-state index in [0.29, 0.717) is 0 Å². The molecule has 0 unspecified atom stereocenters. The first-order valence-corrected chi connectivity index (χ1v) is 7.13. The van der Waals surface area contributed by atoms with Crippen LogP contribution in [0.25, 0.3) is 5.95 Å². The number of aromatic nitrogens is 4. The Hall–Kier alpha value is -3.23. The first-order valence-electron chi connectivity index (χ1n) is 7.13. The molecule has 0 saturated carbocycles. The summed E-state index contributed by atoms with van der Waals surface area (Å²) in [6, 6.07) is 5.72. The Labute approximate surface area is 139 Å². The van der Waals surface area contributed by atoms with Crippen LogP contribution in [0.2, 0.25) is 0 Å². The third kappa shape index (κ3) is 3.65. The summed E-state index contributed by atoms with van der Waals surface area (Å²) < 4.78 is 39.5. The normalized spacial score (nSPS) is 11.5. The topological polar surface area (TPSA) is 80.6 Å². The molecular formula is C16H11F3N4O2. The van der Waals surface area contributed by atoms with Crippen LogP contribution in [0.3, 0.4) is 0 Å². The van der Waals surface area contributed by atoms with Crippen LogP contribution in [-0.2, 0) is 12.6 Å². The van der Waals surface area contributed by atoms with Gasteiger partial charge < -0.3 is 0 Å². The van der Waals surface area contributed by atoms with Gasteiger partial charge in [0.05, 0.1) is 5.56 Å². The van der Waals surface area contributed by atoms with Gasteiger partial charge in [-0.05, 0) is 18.2 Å². The number of nitrogens with one attached hydrogen (secondary N) is 1. The largest absolute Gasteiger partial charge is 0.416 e. The number of nitrogens with zero attached hydrogens (tertiary/aromatic N) is 3. The fourth-order valence-electron chi connectivity index (χ4n) is 2.19. The summed E-state index contributed by atoms with van der Waals surface area (Å²) in [5.74, 6) is -0.435. The number of Topliss-reactive ketones (excluding diaryl/α,β-unsaturated/α-hetero) is 1. The standard InChI is InChI=1S/C16H11F3N4O2/c17-16(18,19)12-4-1-3-10(7-12)13(24)8-11-9-20-15(22-14(11)25)23-6-2-5-21-23/h1-7,9H,8H2,(H,20,22,25). The van der Waals surface area contributed by atoms with E-state index in [1.807, 2.05) is 0 Å². The zero-order valence-corrected chi connectivity index (χ0v) is 12.6. The minimum absolute atomic E-state index is 0.0540. The lowest BCUT2D eigenvalue weighted by Crippen LogP contribution is -2.20.